The normalized spacial score (nSPS) is 12.2. The van der Waals surface area contributed by atoms with Crippen LogP contribution in [0.2, 0.25) is 0 Å². The van der Waals surface area contributed by atoms with Crippen molar-refractivity contribution >= 4 is 0 Å². The summed E-state index contributed by atoms with van der Waals surface area (Å²) in [5.41, 5.74) is 4.43. The molecule has 2 heteroatoms. The van der Waals surface area contributed by atoms with Crippen LogP contribution in [-0.2, 0) is 5.41 Å². The van der Waals surface area contributed by atoms with Crippen molar-refractivity contribution in [2.75, 3.05) is 0 Å². The van der Waals surface area contributed by atoms with E-state index >= 15 is 0 Å². The first-order valence-electron chi connectivity index (χ1n) is 11.9. The highest BCUT2D eigenvalue weighted by Gasteiger charge is 2.31. The van der Waals surface area contributed by atoms with Crippen molar-refractivity contribution in [1.82, 2.24) is 0 Å². The number of rotatable bonds is 5. The summed E-state index contributed by atoms with van der Waals surface area (Å²) in [5.74, 6) is 6.45. The zero-order valence-corrected chi connectivity index (χ0v) is 21.5. The Morgan fingerprint density at radius 2 is 1.26 bits per heavy atom. The first-order valence-corrected chi connectivity index (χ1v) is 11.9. The van der Waals surface area contributed by atoms with Gasteiger partial charge in [-0.3, -0.25) is 0 Å². The highest BCUT2D eigenvalue weighted by molar-refractivity contribution is 5.49. The molecule has 31 heavy (non-hydrogen) atoms. The van der Waals surface area contributed by atoms with Crippen LogP contribution in [0.15, 0.2) is 36.4 Å². The molecule has 1 unspecified atom stereocenters. The second-order valence-corrected chi connectivity index (χ2v) is 7.70. The minimum Gasteiger partial charge on any atom is -0.508 e. The van der Waals surface area contributed by atoms with E-state index in [0.29, 0.717) is 12.2 Å². The van der Waals surface area contributed by atoms with Gasteiger partial charge < -0.3 is 10.2 Å². The monoisotopic (exact) mass is 424 g/mol. The summed E-state index contributed by atoms with van der Waals surface area (Å²) < 4.78 is 0. The standard InChI is InChI=1S/C25H32O2.2C2H6/c1-7-24(6,27)15-14-20-10-11-21(16-18(20)4)25(8-2,9-3)22-12-13-23(26)19(5)17-22;2*1-2/h10-13,16-17,26-27H,7-9H2,1-6H3;2*1-2H3. The summed E-state index contributed by atoms with van der Waals surface area (Å²) >= 11 is 0. The summed E-state index contributed by atoms with van der Waals surface area (Å²) in [5, 5.41) is 20.1. The summed E-state index contributed by atoms with van der Waals surface area (Å²) in [6.07, 6.45) is 2.55. The molecule has 2 aromatic rings. The molecule has 0 saturated heterocycles. The fraction of sp³-hybridized carbons (Fsp3) is 0.517. The van der Waals surface area contributed by atoms with E-state index < -0.39 is 5.60 Å². The van der Waals surface area contributed by atoms with E-state index in [0.717, 1.165) is 29.5 Å². The number of benzene rings is 2. The summed E-state index contributed by atoms with van der Waals surface area (Å²) in [4.78, 5) is 0. The predicted molar refractivity (Wildman–Crippen MR) is 136 cm³/mol. The Morgan fingerprint density at radius 1 is 0.774 bits per heavy atom. The largest absolute Gasteiger partial charge is 0.508 e. The van der Waals surface area contributed by atoms with E-state index in [9.17, 15) is 10.2 Å². The van der Waals surface area contributed by atoms with E-state index in [2.05, 4.69) is 56.9 Å². The van der Waals surface area contributed by atoms with E-state index in [4.69, 9.17) is 0 Å². The molecule has 2 rings (SSSR count). The van der Waals surface area contributed by atoms with Gasteiger partial charge in [-0.2, -0.15) is 0 Å². The molecule has 0 saturated carbocycles. The van der Waals surface area contributed by atoms with Gasteiger partial charge in [0, 0.05) is 11.0 Å². The fourth-order valence-electron chi connectivity index (χ4n) is 3.58. The number of aromatic hydroxyl groups is 1. The Labute approximate surface area is 191 Å². The van der Waals surface area contributed by atoms with Gasteiger partial charge in [0.15, 0.2) is 0 Å². The third-order valence-corrected chi connectivity index (χ3v) is 5.89. The number of hydrogen-bond donors (Lipinski definition) is 2. The number of aryl methyl sites for hydroxylation is 2. The lowest BCUT2D eigenvalue weighted by Crippen LogP contribution is -2.26. The SMILES string of the molecule is CC.CC.CCC(C)(O)C#Cc1ccc(C(CC)(CC)c2ccc(O)c(C)c2)cc1C. The highest BCUT2D eigenvalue weighted by Crippen LogP contribution is 2.40. The second kappa shape index (κ2) is 13.2. The van der Waals surface area contributed by atoms with Gasteiger partial charge in [0.05, 0.1) is 0 Å². The minimum absolute atomic E-state index is 0.0932. The molecule has 0 bridgehead atoms. The van der Waals surface area contributed by atoms with Crippen molar-refractivity contribution in [3.63, 3.8) is 0 Å². The lowest BCUT2D eigenvalue weighted by Gasteiger charge is -2.34. The average Bonchev–Trinajstić information content (AvgIpc) is 2.79. The molecule has 0 aliphatic heterocycles. The van der Waals surface area contributed by atoms with Crippen LogP contribution >= 0.6 is 0 Å². The van der Waals surface area contributed by atoms with Gasteiger partial charge in [0.25, 0.3) is 0 Å². The lowest BCUT2D eigenvalue weighted by molar-refractivity contribution is 0.118. The maximum atomic E-state index is 10.1. The van der Waals surface area contributed by atoms with Gasteiger partial charge in [-0.25, -0.2) is 0 Å². The highest BCUT2D eigenvalue weighted by atomic mass is 16.3. The van der Waals surface area contributed by atoms with Gasteiger partial charge >= 0.3 is 0 Å². The van der Waals surface area contributed by atoms with E-state index in [1.807, 2.05) is 47.6 Å². The van der Waals surface area contributed by atoms with Gasteiger partial charge in [-0.15, -0.1) is 0 Å². The van der Waals surface area contributed by atoms with Crippen LogP contribution in [0.1, 0.15) is 102 Å². The molecule has 0 amide bonds. The molecule has 0 radical (unpaired) electrons. The van der Waals surface area contributed by atoms with Gasteiger partial charge in [0.2, 0.25) is 0 Å². The number of phenols is 1. The number of aliphatic hydroxyl groups is 1. The molecule has 0 fully saturated rings. The van der Waals surface area contributed by atoms with Crippen molar-refractivity contribution in [3.8, 4) is 17.6 Å². The van der Waals surface area contributed by atoms with Crippen molar-refractivity contribution in [2.24, 2.45) is 0 Å². The van der Waals surface area contributed by atoms with Crippen LogP contribution < -0.4 is 0 Å². The third kappa shape index (κ3) is 7.15. The molecule has 0 heterocycles. The summed E-state index contributed by atoms with van der Waals surface area (Å²) in [7, 11) is 0. The molecule has 0 spiro atoms. The molecule has 2 aromatic carbocycles. The van der Waals surface area contributed by atoms with Gasteiger partial charge in [0.1, 0.15) is 11.4 Å². The van der Waals surface area contributed by atoms with Gasteiger partial charge in [-0.05, 0) is 74.4 Å². The quantitative estimate of drug-likeness (QED) is 0.483. The van der Waals surface area contributed by atoms with Crippen LogP contribution in [0.3, 0.4) is 0 Å². The van der Waals surface area contributed by atoms with Crippen LogP contribution in [0.5, 0.6) is 5.75 Å². The number of phenolic OH excluding ortho intramolecular Hbond substituents is 1. The fourth-order valence-corrected chi connectivity index (χ4v) is 3.58. The van der Waals surface area contributed by atoms with Crippen molar-refractivity contribution in [2.45, 2.75) is 99.5 Å². The first-order chi connectivity index (χ1) is 14.7. The Hall–Kier alpha value is -2.24. The maximum absolute atomic E-state index is 10.1. The lowest BCUT2D eigenvalue weighted by atomic mass is 9.70. The van der Waals surface area contributed by atoms with Crippen molar-refractivity contribution in [1.29, 1.82) is 0 Å². The van der Waals surface area contributed by atoms with Crippen molar-refractivity contribution < 1.29 is 10.2 Å². The topological polar surface area (TPSA) is 40.5 Å². The zero-order chi connectivity index (χ0) is 24.2. The van der Waals surface area contributed by atoms with E-state index in [1.54, 1.807) is 13.0 Å². The van der Waals surface area contributed by atoms with Gasteiger partial charge in [-0.1, -0.05) is 84.6 Å². The summed E-state index contributed by atoms with van der Waals surface area (Å²) in [6.45, 7) is 20.1. The Morgan fingerprint density at radius 3 is 1.68 bits per heavy atom. The smallest absolute Gasteiger partial charge is 0.122 e. The zero-order valence-electron chi connectivity index (χ0n) is 21.5. The predicted octanol–water partition coefficient (Wildman–Crippen LogP) is 7.68. The van der Waals surface area contributed by atoms with E-state index in [1.165, 1.54) is 11.1 Å². The Balaban J connectivity index is 0.00000212. The van der Waals surface area contributed by atoms with Crippen molar-refractivity contribution in [3.05, 3.63) is 64.2 Å². The molecule has 1 atom stereocenters. The molecule has 2 nitrogen and oxygen atoms in total. The maximum Gasteiger partial charge on any atom is 0.122 e. The van der Waals surface area contributed by atoms with Crippen LogP contribution in [0.25, 0.3) is 0 Å². The average molecular weight is 425 g/mol. The Kier molecular flexibility index (Phi) is 12.3. The second-order valence-electron chi connectivity index (χ2n) is 7.70. The third-order valence-electron chi connectivity index (χ3n) is 5.89. The molecular formula is C29H44O2. The molecule has 0 aliphatic carbocycles. The van der Waals surface area contributed by atoms with Crippen LogP contribution in [0.4, 0.5) is 0 Å². The van der Waals surface area contributed by atoms with Crippen LogP contribution in [0, 0.1) is 25.7 Å². The first kappa shape index (κ1) is 28.8. The molecule has 172 valence electrons. The molecule has 0 aliphatic rings. The molecule has 0 aromatic heterocycles. The minimum atomic E-state index is -0.953. The molecular weight excluding hydrogens is 380 g/mol. The summed E-state index contributed by atoms with van der Waals surface area (Å²) in [6, 6.07) is 12.4. The van der Waals surface area contributed by atoms with Crippen LogP contribution in [-0.4, -0.2) is 15.8 Å². The van der Waals surface area contributed by atoms with E-state index in [-0.39, 0.29) is 5.41 Å². The molecule has 2 N–H and O–H groups in total. The Bertz CT molecular complexity index is 862. The number of hydrogen-bond acceptors (Lipinski definition) is 2.